The van der Waals surface area contributed by atoms with Gasteiger partial charge in [0.25, 0.3) is 5.91 Å². The monoisotopic (exact) mass is 530 g/mol. The van der Waals surface area contributed by atoms with Gasteiger partial charge in [0.1, 0.15) is 0 Å². The van der Waals surface area contributed by atoms with Crippen molar-refractivity contribution in [2.75, 3.05) is 75.2 Å². The van der Waals surface area contributed by atoms with Gasteiger partial charge in [0.2, 0.25) is 17.8 Å². The van der Waals surface area contributed by atoms with Crippen LogP contribution in [0.3, 0.4) is 0 Å². The smallest absolute Gasteiger partial charge is 0.251 e. The van der Waals surface area contributed by atoms with Crippen LogP contribution in [0.5, 0.6) is 0 Å². The van der Waals surface area contributed by atoms with Gasteiger partial charge >= 0.3 is 0 Å². The van der Waals surface area contributed by atoms with E-state index in [1.165, 1.54) is 25.7 Å². The number of nitrogens with one attached hydrogen (secondary N) is 4. The second-order valence-electron chi connectivity index (χ2n) is 9.44. The Balaban J connectivity index is 1.55. The number of hydrogen-bond acceptors (Lipinski definition) is 11. The minimum absolute atomic E-state index is 0.0400. The fraction of sp³-hybridized carbons (Fsp3) is 0.615. The van der Waals surface area contributed by atoms with Gasteiger partial charge < -0.3 is 41.6 Å². The summed E-state index contributed by atoms with van der Waals surface area (Å²) >= 11 is 0. The van der Waals surface area contributed by atoms with Crippen LogP contribution in [0.4, 0.5) is 23.5 Å². The third-order valence-corrected chi connectivity index (χ3v) is 6.26. The Labute approximate surface area is 224 Å². The molecule has 1 aliphatic rings. The van der Waals surface area contributed by atoms with E-state index in [2.05, 4.69) is 43.1 Å². The number of rotatable bonds is 17. The Morgan fingerprint density at radius 1 is 0.974 bits per heavy atom. The molecule has 12 nitrogen and oxygen atoms in total. The fourth-order valence-electron chi connectivity index (χ4n) is 4.14. The fourth-order valence-corrected chi connectivity index (χ4v) is 4.14. The quantitative estimate of drug-likeness (QED) is 0.165. The summed E-state index contributed by atoms with van der Waals surface area (Å²) in [6.07, 6.45) is 4.90. The predicted molar refractivity (Wildman–Crippen MR) is 148 cm³/mol. The minimum Gasteiger partial charge on any atom is -0.395 e. The molecular formula is C26H42N8O4. The van der Waals surface area contributed by atoms with Crippen molar-refractivity contribution in [1.29, 1.82) is 0 Å². The van der Waals surface area contributed by atoms with Gasteiger partial charge in [0.05, 0.1) is 33.0 Å². The number of carbonyl (C=O) groups is 1. The van der Waals surface area contributed by atoms with Crippen LogP contribution in [0, 0.1) is 11.8 Å². The van der Waals surface area contributed by atoms with Crippen molar-refractivity contribution < 1.29 is 19.4 Å². The average Bonchev–Trinajstić information content (AvgIpc) is 2.93. The largest absolute Gasteiger partial charge is 0.395 e. The van der Waals surface area contributed by atoms with E-state index in [9.17, 15) is 9.90 Å². The van der Waals surface area contributed by atoms with E-state index < -0.39 is 0 Å². The third-order valence-electron chi connectivity index (χ3n) is 6.26. The molecule has 2 aromatic rings. The molecule has 1 aromatic carbocycles. The molecule has 210 valence electrons. The predicted octanol–water partition coefficient (Wildman–Crippen LogP) is 1.98. The zero-order valence-electron chi connectivity index (χ0n) is 22.2. The molecule has 0 unspecified atom stereocenters. The summed E-state index contributed by atoms with van der Waals surface area (Å²) in [5, 5.41) is 21.6. The number of hydrogen-bond donors (Lipinski definition) is 6. The number of aliphatic hydroxyl groups excluding tert-OH is 1. The number of aromatic nitrogens is 3. The Kier molecular flexibility index (Phi) is 13.0. The molecule has 0 saturated heterocycles. The van der Waals surface area contributed by atoms with E-state index in [0.717, 1.165) is 12.5 Å². The zero-order valence-corrected chi connectivity index (χ0v) is 22.2. The normalized spacial score (nSPS) is 17.1. The van der Waals surface area contributed by atoms with Gasteiger partial charge in [-0.2, -0.15) is 15.0 Å². The lowest BCUT2D eigenvalue weighted by atomic mass is 9.83. The standard InChI is InChI=1S/C26H42N8O4/c1-19-5-7-20(8-6-19)18-30-25-32-24(29-10-12-35)33-26(34-25)31-22-4-2-3-21(17-22)23(36)28-11-14-38-16-15-37-13-9-27/h2-4,17,19-20,35H,5-16,18,27H2,1H3,(H,28,36)(H3,29,30,31,32,33,34). The molecule has 0 aliphatic heterocycles. The SMILES string of the molecule is CC1CCC(CNc2nc(NCCO)nc(Nc3cccc(C(=O)NCCOCCOCCN)c3)n2)CC1. The highest BCUT2D eigenvalue weighted by Gasteiger charge is 2.18. The van der Waals surface area contributed by atoms with Crippen LogP contribution >= 0.6 is 0 Å². The lowest BCUT2D eigenvalue weighted by Gasteiger charge is -2.26. The Morgan fingerprint density at radius 2 is 1.68 bits per heavy atom. The topological polar surface area (TPSA) is 169 Å². The summed E-state index contributed by atoms with van der Waals surface area (Å²) < 4.78 is 10.7. The molecule has 1 aliphatic carbocycles. The summed E-state index contributed by atoms with van der Waals surface area (Å²) in [6.45, 7) is 6.08. The summed E-state index contributed by atoms with van der Waals surface area (Å²) in [5.41, 5.74) is 6.53. The van der Waals surface area contributed by atoms with Crippen LogP contribution in [0.15, 0.2) is 24.3 Å². The molecule has 0 bridgehead atoms. The van der Waals surface area contributed by atoms with Crippen molar-refractivity contribution in [3.05, 3.63) is 29.8 Å². The first-order chi connectivity index (χ1) is 18.6. The molecule has 1 heterocycles. The number of nitrogens with zero attached hydrogens (tertiary/aromatic N) is 3. The van der Waals surface area contributed by atoms with Crippen molar-refractivity contribution >= 4 is 29.4 Å². The van der Waals surface area contributed by atoms with Crippen molar-refractivity contribution in [3.63, 3.8) is 0 Å². The second kappa shape index (κ2) is 16.7. The highest BCUT2D eigenvalue weighted by Crippen LogP contribution is 2.28. The first-order valence-corrected chi connectivity index (χ1v) is 13.4. The number of benzene rings is 1. The molecule has 0 atom stereocenters. The molecular weight excluding hydrogens is 488 g/mol. The Morgan fingerprint density at radius 3 is 2.42 bits per heavy atom. The Bertz CT molecular complexity index is 972. The van der Waals surface area contributed by atoms with Crippen LogP contribution < -0.4 is 27.0 Å². The van der Waals surface area contributed by atoms with E-state index >= 15 is 0 Å². The maximum atomic E-state index is 12.6. The average molecular weight is 531 g/mol. The maximum absolute atomic E-state index is 12.6. The number of amides is 1. The number of ether oxygens (including phenoxy) is 2. The molecule has 38 heavy (non-hydrogen) atoms. The molecule has 1 amide bonds. The summed E-state index contributed by atoms with van der Waals surface area (Å²) in [6, 6.07) is 7.10. The highest BCUT2D eigenvalue weighted by molar-refractivity contribution is 5.95. The Hall–Kier alpha value is -3.06. The van der Waals surface area contributed by atoms with Gasteiger partial charge in [-0.15, -0.1) is 0 Å². The maximum Gasteiger partial charge on any atom is 0.251 e. The van der Waals surface area contributed by atoms with Gasteiger partial charge in [0, 0.05) is 37.4 Å². The lowest BCUT2D eigenvalue weighted by molar-refractivity contribution is 0.0511. The number of carbonyl (C=O) groups excluding carboxylic acids is 1. The van der Waals surface area contributed by atoms with Gasteiger partial charge in [-0.1, -0.05) is 25.8 Å². The number of nitrogens with two attached hydrogens (primary N) is 1. The summed E-state index contributed by atoms with van der Waals surface area (Å²) in [4.78, 5) is 26.0. The molecule has 7 N–H and O–H groups in total. The molecule has 1 saturated carbocycles. The van der Waals surface area contributed by atoms with E-state index in [4.69, 9.17) is 15.2 Å². The van der Waals surface area contributed by atoms with Crippen molar-refractivity contribution in [2.24, 2.45) is 17.6 Å². The molecule has 1 fully saturated rings. The molecule has 0 radical (unpaired) electrons. The van der Waals surface area contributed by atoms with Gasteiger partial charge in [-0.05, 0) is 42.9 Å². The lowest BCUT2D eigenvalue weighted by Crippen LogP contribution is -2.27. The van der Waals surface area contributed by atoms with Crippen LogP contribution in [-0.2, 0) is 9.47 Å². The first kappa shape index (κ1) is 29.5. The summed E-state index contributed by atoms with van der Waals surface area (Å²) in [5.74, 6) is 2.34. The van der Waals surface area contributed by atoms with Crippen molar-refractivity contribution in [3.8, 4) is 0 Å². The van der Waals surface area contributed by atoms with Crippen molar-refractivity contribution in [1.82, 2.24) is 20.3 Å². The van der Waals surface area contributed by atoms with Crippen molar-refractivity contribution in [2.45, 2.75) is 32.6 Å². The van der Waals surface area contributed by atoms with Crippen LogP contribution in [0.25, 0.3) is 0 Å². The molecule has 1 aromatic heterocycles. The van der Waals surface area contributed by atoms with Gasteiger partial charge in [0.15, 0.2) is 0 Å². The minimum atomic E-state index is -0.207. The van der Waals surface area contributed by atoms with E-state index in [1.54, 1.807) is 18.2 Å². The number of aliphatic hydroxyl groups is 1. The number of anilines is 4. The van der Waals surface area contributed by atoms with E-state index in [-0.39, 0.29) is 12.5 Å². The second-order valence-corrected chi connectivity index (χ2v) is 9.44. The summed E-state index contributed by atoms with van der Waals surface area (Å²) in [7, 11) is 0. The van der Waals surface area contributed by atoms with Crippen LogP contribution in [0.2, 0.25) is 0 Å². The zero-order chi connectivity index (χ0) is 27.0. The molecule has 0 spiro atoms. The highest BCUT2D eigenvalue weighted by atomic mass is 16.5. The van der Waals surface area contributed by atoms with Gasteiger partial charge in [-0.25, -0.2) is 0 Å². The van der Waals surface area contributed by atoms with Crippen LogP contribution in [-0.4, -0.2) is 85.2 Å². The van der Waals surface area contributed by atoms with Crippen LogP contribution in [0.1, 0.15) is 43.0 Å². The first-order valence-electron chi connectivity index (χ1n) is 13.4. The van der Waals surface area contributed by atoms with E-state index in [0.29, 0.717) is 81.1 Å². The van der Waals surface area contributed by atoms with Gasteiger partial charge in [-0.3, -0.25) is 4.79 Å². The van der Waals surface area contributed by atoms with E-state index in [1.807, 2.05) is 6.07 Å². The molecule has 3 rings (SSSR count). The molecule has 12 heteroatoms. The third kappa shape index (κ3) is 10.7.